The van der Waals surface area contributed by atoms with Crippen LogP contribution in [0.2, 0.25) is 0 Å². The second-order valence-corrected chi connectivity index (χ2v) is 6.80. The Labute approximate surface area is 152 Å². The van der Waals surface area contributed by atoms with Gasteiger partial charge in [0.15, 0.2) is 0 Å². The predicted octanol–water partition coefficient (Wildman–Crippen LogP) is 4.62. The first kappa shape index (κ1) is 21.2. The van der Waals surface area contributed by atoms with Gasteiger partial charge in [-0.1, -0.05) is 42.5 Å². The van der Waals surface area contributed by atoms with Crippen molar-refractivity contribution in [2.24, 2.45) is 0 Å². The summed E-state index contributed by atoms with van der Waals surface area (Å²) in [5.41, 5.74) is 1.79. The second-order valence-electron chi connectivity index (χ2n) is 6.80. The van der Waals surface area contributed by atoms with Crippen LogP contribution in [-0.4, -0.2) is 33.7 Å². The number of hydrogen-bond acceptors (Lipinski definition) is 3. The minimum absolute atomic E-state index is 0.0252. The molecule has 3 heteroatoms. The molecule has 0 atom stereocenters. The minimum Gasteiger partial charge on any atom is -0.508 e. The van der Waals surface area contributed by atoms with Gasteiger partial charge in [0.05, 0.1) is 6.61 Å². The average molecular weight is 344 g/mol. The maximum atomic E-state index is 9.82. The van der Waals surface area contributed by atoms with Crippen molar-refractivity contribution < 1.29 is 10.2 Å². The predicted molar refractivity (Wildman–Crippen MR) is 106 cm³/mol. The Balaban J connectivity index is 0.000000435. The zero-order chi connectivity index (χ0) is 18.7. The van der Waals surface area contributed by atoms with Crippen LogP contribution in [0.5, 0.6) is 5.75 Å². The van der Waals surface area contributed by atoms with Crippen molar-refractivity contribution in [2.45, 2.75) is 59.2 Å². The van der Waals surface area contributed by atoms with E-state index >= 15 is 0 Å². The topological polar surface area (TPSA) is 43.7 Å². The third-order valence-corrected chi connectivity index (χ3v) is 4.18. The fraction of sp³-hybridized carbons (Fsp3) is 0.455. The van der Waals surface area contributed by atoms with Gasteiger partial charge in [-0.15, -0.1) is 0 Å². The van der Waals surface area contributed by atoms with E-state index in [2.05, 4.69) is 32.6 Å². The number of phenols is 1. The molecular weight excluding hydrogens is 310 g/mol. The molecule has 2 N–H and O–H groups in total. The summed E-state index contributed by atoms with van der Waals surface area (Å²) in [6.45, 7) is 9.90. The Morgan fingerprint density at radius 2 is 1.40 bits per heavy atom. The number of phenolic OH excluding ortho intramolecular Hbond substituents is 1. The normalized spacial score (nSPS) is 10.9. The number of aliphatic hydroxyl groups excluding tert-OH is 1. The van der Waals surface area contributed by atoms with Crippen LogP contribution >= 0.6 is 0 Å². The lowest BCUT2D eigenvalue weighted by atomic mass is 10.0. The number of aryl methyl sites for hydroxylation is 1. The van der Waals surface area contributed by atoms with E-state index < -0.39 is 0 Å². The van der Waals surface area contributed by atoms with Gasteiger partial charge in [-0.2, -0.15) is 0 Å². The Morgan fingerprint density at radius 1 is 0.880 bits per heavy atom. The number of aromatic hydroxyl groups is 1. The highest BCUT2D eigenvalue weighted by atomic mass is 16.3. The summed E-state index contributed by atoms with van der Waals surface area (Å²) in [7, 11) is 0. The molecule has 138 valence electrons. The van der Waals surface area contributed by atoms with Crippen LogP contribution in [0, 0.1) is 0 Å². The summed E-state index contributed by atoms with van der Waals surface area (Å²) in [6.07, 6.45) is 1.86. The standard InChI is InChI=1S/C16H27NO2.C6H6/c1-12(2)17(13(3)4)9-5-6-15-10-14(11-18)7-8-16(15)19;1-2-4-6-5-3-1/h7-8,10,12-13,18-19H,5-6,9,11H2,1-4H3;1-6H. The lowest BCUT2D eigenvalue weighted by Crippen LogP contribution is -2.37. The molecule has 0 heterocycles. The maximum absolute atomic E-state index is 9.82. The van der Waals surface area contributed by atoms with Crippen molar-refractivity contribution in [3.8, 4) is 5.75 Å². The molecule has 0 aliphatic heterocycles. The van der Waals surface area contributed by atoms with E-state index in [1.165, 1.54) is 0 Å². The molecule has 0 fully saturated rings. The molecule has 0 unspecified atom stereocenters. The monoisotopic (exact) mass is 343 g/mol. The maximum Gasteiger partial charge on any atom is 0.118 e. The first-order chi connectivity index (χ1) is 12.0. The first-order valence-electron chi connectivity index (χ1n) is 9.13. The van der Waals surface area contributed by atoms with Crippen LogP contribution < -0.4 is 0 Å². The largest absolute Gasteiger partial charge is 0.508 e. The molecule has 0 radical (unpaired) electrons. The van der Waals surface area contributed by atoms with E-state index in [9.17, 15) is 5.11 Å². The molecule has 0 aliphatic carbocycles. The number of benzene rings is 2. The van der Waals surface area contributed by atoms with Gasteiger partial charge in [-0.3, -0.25) is 4.90 Å². The third kappa shape index (κ3) is 8.19. The van der Waals surface area contributed by atoms with Crippen molar-refractivity contribution in [1.29, 1.82) is 0 Å². The fourth-order valence-corrected chi connectivity index (χ4v) is 2.89. The highest BCUT2D eigenvalue weighted by molar-refractivity contribution is 5.36. The number of aliphatic hydroxyl groups is 1. The summed E-state index contributed by atoms with van der Waals surface area (Å²) in [5, 5.41) is 18.9. The van der Waals surface area contributed by atoms with E-state index in [0.717, 1.165) is 30.5 Å². The van der Waals surface area contributed by atoms with Gasteiger partial charge in [0.2, 0.25) is 0 Å². The van der Waals surface area contributed by atoms with Gasteiger partial charge in [-0.25, -0.2) is 0 Å². The molecule has 0 amide bonds. The minimum atomic E-state index is 0.0252. The summed E-state index contributed by atoms with van der Waals surface area (Å²) >= 11 is 0. The molecule has 0 aliphatic rings. The first-order valence-corrected chi connectivity index (χ1v) is 9.13. The van der Waals surface area contributed by atoms with E-state index in [1.54, 1.807) is 12.1 Å². The van der Waals surface area contributed by atoms with E-state index in [0.29, 0.717) is 17.8 Å². The zero-order valence-electron chi connectivity index (χ0n) is 16.0. The van der Waals surface area contributed by atoms with Gasteiger partial charge in [0.25, 0.3) is 0 Å². The molecule has 2 aromatic rings. The number of hydrogen-bond donors (Lipinski definition) is 2. The molecule has 0 saturated heterocycles. The van der Waals surface area contributed by atoms with Crippen molar-refractivity contribution in [1.82, 2.24) is 4.90 Å². The van der Waals surface area contributed by atoms with E-state index in [1.807, 2.05) is 42.5 Å². The summed E-state index contributed by atoms with van der Waals surface area (Å²) in [5.74, 6) is 0.331. The lowest BCUT2D eigenvalue weighted by Gasteiger charge is -2.30. The molecule has 2 rings (SSSR count). The second kappa shape index (κ2) is 11.7. The summed E-state index contributed by atoms with van der Waals surface area (Å²) in [4.78, 5) is 2.45. The average Bonchev–Trinajstić information content (AvgIpc) is 2.61. The molecule has 0 saturated carbocycles. The van der Waals surface area contributed by atoms with Gasteiger partial charge in [0, 0.05) is 12.1 Å². The quantitative estimate of drug-likeness (QED) is 0.771. The molecule has 0 aromatic heterocycles. The van der Waals surface area contributed by atoms with Gasteiger partial charge >= 0.3 is 0 Å². The van der Waals surface area contributed by atoms with Crippen molar-refractivity contribution in [3.05, 3.63) is 65.7 Å². The van der Waals surface area contributed by atoms with Gasteiger partial charge in [-0.05, 0) is 70.3 Å². The molecule has 25 heavy (non-hydrogen) atoms. The van der Waals surface area contributed by atoms with E-state index in [4.69, 9.17) is 5.11 Å². The van der Waals surface area contributed by atoms with Crippen LogP contribution in [0.1, 0.15) is 45.2 Å². The molecule has 0 bridgehead atoms. The SMILES string of the molecule is CC(C)N(CCCc1cc(CO)ccc1O)C(C)C.c1ccccc1. The molecule has 3 nitrogen and oxygen atoms in total. The van der Waals surface area contributed by atoms with Gasteiger partial charge in [0.1, 0.15) is 5.75 Å². The van der Waals surface area contributed by atoms with Crippen LogP contribution in [0.3, 0.4) is 0 Å². The molecule has 2 aromatic carbocycles. The fourth-order valence-electron chi connectivity index (χ4n) is 2.89. The van der Waals surface area contributed by atoms with Crippen molar-refractivity contribution in [2.75, 3.05) is 6.54 Å². The van der Waals surface area contributed by atoms with Crippen LogP contribution in [0.25, 0.3) is 0 Å². The number of nitrogens with zero attached hydrogens (tertiary/aromatic N) is 1. The smallest absolute Gasteiger partial charge is 0.118 e. The highest BCUT2D eigenvalue weighted by Gasteiger charge is 2.13. The van der Waals surface area contributed by atoms with Crippen molar-refractivity contribution >= 4 is 0 Å². The third-order valence-electron chi connectivity index (χ3n) is 4.18. The zero-order valence-corrected chi connectivity index (χ0v) is 16.0. The van der Waals surface area contributed by atoms with Crippen LogP contribution in [-0.2, 0) is 13.0 Å². The van der Waals surface area contributed by atoms with Gasteiger partial charge < -0.3 is 10.2 Å². The molecule has 0 spiro atoms. The Morgan fingerprint density at radius 3 is 1.84 bits per heavy atom. The number of rotatable bonds is 7. The van der Waals surface area contributed by atoms with Crippen molar-refractivity contribution in [3.63, 3.8) is 0 Å². The lowest BCUT2D eigenvalue weighted by molar-refractivity contribution is 0.173. The Kier molecular flexibility index (Phi) is 9.90. The summed E-state index contributed by atoms with van der Waals surface area (Å²) in [6, 6.07) is 18.4. The highest BCUT2D eigenvalue weighted by Crippen LogP contribution is 2.20. The molecular formula is C22H33NO2. The Hall–Kier alpha value is -1.84. The summed E-state index contributed by atoms with van der Waals surface area (Å²) < 4.78 is 0. The van der Waals surface area contributed by atoms with Crippen LogP contribution in [0.4, 0.5) is 0 Å². The van der Waals surface area contributed by atoms with Crippen LogP contribution in [0.15, 0.2) is 54.6 Å². The van der Waals surface area contributed by atoms with E-state index in [-0.39, 0.29) is 6.61 Å². The Bertz CT molecular complexity index is 547.